The third kappa shape index (κ3) is 5.66. The molecule has 0 spiro atoms. The van der Waals surface area contributed by atoms with Gasteiger partial charge < -0.3 is 18.9 Å². The number of halogens is 1. The number of methoxy groups -OCH3 is 1. The van der Waals surface area contributed by atoms with Crippen LogP contribution in [-0.2, 0) is 20.7 Å². The van der Waals surface area contributed by atoms with Crippen LogP contribution in [0.4, 0.5) is 0 Å². The van der Waals surface area contributed by atoms with E-state index in [0.29, 0.717) is 29.0 Å². The zero-order chi connectivity index (χ0) is 24.2. The Balaban J connectivity index is 1.68. The van der Waals surface area contributed by atoms with Crippen molar-refractivity contribution in [2.45, 2.75) is 50.7 Å². The van der Waals surface area contributed by atoms with Crippen LogP contribution in [0.15, 0.2) is 42.5 Å². The summed E-state index contributed by atoms with van der Waals surface area (Å²) in [7, 11) is 1.29. The van der Waals surface area contributed by atoms with Crippen molar-refractivity contribution in [3.8, 4) is 11.5 Å². The van der Waals surface area contributed by atoms with Gasteiger partial charge >= 0.3 is 11.9 Å². The number of ether oxygens (including phenoxy) is 4. The molecule has 0 aromatic heterocycles. The first-order chi connectivity index (χ1) is 15.7. The lowest BCUT2D eigenvalue weighted by Crippen LogP contribution is -2.50. The number of hydrogen-bond donors (Lipinski definition) is 0. The Kier molecular flexibility index (Phi) is 7.64. The molecule has 0 aliphatic carbocycles. The first kappa shape index (κ1) is 24.6. The van der Waals surface area contributed by atoms with E-state index >= 15 is 0 Å². The van der Waals surface area contributed by atoms with Gasteiger partial charge in [0.05, 0.1) is 31.3 Å². The summed E-state index contributed by atoms with van der Waals surface area (Å²) in [6, 6.07) is 11.9. The molecular weight excluding hydrogens is 448 g/mol. The van der Waals surface area contributed by atoms with Crippen molar-refractivity contribution in [1.29, 1.82) is 0 Å². The van der Waals surface area contributed by atoms with Gasteiger partial charge in [-0.2, -0.15) is 0 Å². The number of ketones is 1. The highest BCUT2D eigenvalue weighted by atomic mass is 35.5. The van der Waals surface area contributed by atoms with E-state index in [0.717, 1.165) is 5.56 Å². The Morgan fingerprint density at radius 3 is 2.52 bits per heavy atom. The highest BCUT2D eigenvalue weighted by Crippen LogP contribution is 2.37. The molecule has 2 aromatic rings. The third-order valence-electron chi connectivity index (χ3n) is 5.61. The van der Waals surface area contributed by atoms with Gasteiger partial charge in [0.2, 0.25) is 0 Å². The molecule has 2 aromatic carbocycles. The molecular formula is C25H27ClO7. The minimum Gasteiger partial charge on any atom is -0.487 e. The van der Waals surface area contributed by atoms with E-state index in [1.807, 2.05) is 26.0 Å². The van der Waals surface area contributed by atoms with Crippen LogP contribution in [0.1, 0.15) is 53.5 Å². The van der Waals surface area contributed by atoms with Gasteiger partial charge in [0.25, 0.3) is 0 Å². The highest BCUT2D eigenvalue weighted by Gasteiger charge is 2.42. The monoisotopic (exact) mass is 474 g/mol. The van der Waals surface area contributed by atoms with E-state index in [1.165, 1.54) is 13.2 Å². The number of fused-ring (bicyclic) bond motifs is 1. The number of benzene rings is 2. The summed E-state index contributed by atoms with van der Waals surface area (Å²) in [6.07, 6.45) is -0.0196. The van der Waals surface area contributed by atoms with Crippen molar-refractivity contribution < 1.29 is 33.3 Å². The molecule has 0 bridgehead atoms. The molecule has 3 atom stereocenters. The van der Waals surface area contributed by atoms with Crippen LogP contribution in [0.5, 0.6) is 11.5 Å². The maximum Gasteiger partial charge on any atom is 0.337 e. The summed E-state index contributed by atoms with van der Waals surface area (Å²) in [6.45, 7) is 5.67. The number of hydrogen-bond acceptors (Lipinski definition) is 7. The maximum absolute atomic E-state index is 12.8. The van der Waals surface area contributed by atoms with Crippen LogP contribution in [0, 0.1) is 0 Å². The highest BCUT2D eigenvalue weighted by molar-refractivity contribution is 6.30. The van der Waals surface area contributed by atoms with Crippen LogP contribution >= 0.6 is 11.6 Å². The maximum atomic E-state index is 12.8. The van der Waals surface area contributed by atoms with E-state index in [2.05, 4.69) is 0 Å². The Bertz CT molecular complexity index is 1030. The lowest BCUT2D eigenvalue weighted by molar-refractivity contribution is -0.142. The Hall–Kier alpha value is -3.06. The average molecular weight is 475 g/mol. The molecule has 7 nitrogen and oxygen atoms in total. The number of Topliss-reactive ketones (excluding diaryl/α,β-unsaturated/α-hetero) is 1. The van der Waals surface area contributed by atoms with Gasteiger partial charge in [0.15, 0.2) is 5.78 Å². The van der Waals surface area contributed by atoms with E-state index in [-0.39, 0.29) is 18.8 Å². The van der Waals surface area contributed by atoms with E-state index in [1.54, 1.807) is 31.2 Å². The van der Waals surface area contributed by atoms with E-state index in [4.69, 9.17) is 30.5 Å². The molecule has 8 heteroatoms. The normalized spacial score (nSPS) is 19.0. The summed E-state index contributed by atoms with van der Waals surface area (Å²) in [5.74, 6) is -0.0969. The van der Waals surface area contributed by atoms with Crippen molar-refractivity contribution >= 4 is 29.3 Å². The Morgan fingerprint density at radius 2 is 1.88 bits per heavy atom. The van der Waals surface area contributed by atoms with Crippen molar-refractivity contribution in [3.63, 3.8) is 0 Å². The van der Waals surface area contributed by atoms with E-state index in [9.17, 15) is 14.4 Å². The van der Waals surface area contributed by atoms with Crippen molar-refractivity contribution in [2.75, 3.05) is 13.7 Å². The van der Waals surface area contributed by atoms with Crippen LogP contribution in [0.25, 0.3) is 0 Å². The predicted octanol–water partition coefficient (Wildman–Crippen LogP) is 4.38. The largest absolute Gasteiger partial charge is 0.487 e. The number of rotatable bonds is 8. The molecule has 3 unspecified atom stereocenters. The molecule has 33 heavy (non-hydrogen) atoms. The molecule has 1 heterocycles. The smallest absolute Gasteiger partial charge is 0.337 e. The lowest BCUT2D eigenvalue weighted by Gasteiger charge is -2.39. The number of carbonyl (C=O) groups excluding carboxylic acids is 3. The van der Waals surface area contributed by atoms with Crippen LogP contribution in [0.3, 0.4) is 0 Å². The predicted molar refractivity (Wildman–Crippen MR) is 122 cm³/mol. The topological polar surface area (TPSA) is 88.1 Å². The zero-order valence-corrected chi connectivity index (χ0v) is 19.8. The SMILES string of the molecule is CCOC(=O)C(Cl)Cc1ccc(OC(C)C2(C)CC(=O)c3cc(C(=O)OC)ccc3O2)cc1. The number of esters is 2. The second kappa shape index (κ2) is 10.3. The average Bonchev–Trinajstić information content (AvgIpc) is 2.79. The first-order valence-corrected chi connectivity index (χ1v) is 11.1. The van der Waals surface area contributed by atoms with Crippen LogP contribution < -0.4 is 9.47 Å². The van der Waals surface area contributed by atoms with Crippen molar-refractivity contribution in [1.82, 2.24) is 0 Å². The molecule has 0 saturated heterocycles. The molecule has 0 radical (unpaired) electrons. The molecule has 0 N–H and O–H groups in total. The molecule has 0 fully saturated rings. The fraction of sp³-hybridized carbons (Fsp3) is 0.400. The second-order valence-electron chi connectivity index (χ2n) is 8.04. The molecule has 176 valence electrons. The summed E-state index contributed by atoms with van der Waals surface area (Å²) in [4.78, 5) is 36.3. The Labute approximate surface area is 197 Å². The standard InChI is InChI=1S/C25H27ClO7/c1-5-31-24(29)20(26)12-16-6-9-18(10-7-16)32-15(2)25(3)14-21(27)19-13-17(23(28)30-4)8-11-22(19)33-25/h6-11,13,15,20H,5,12,14H2,1-4H3. The van der Waals surface area contributed by atoms with Gasteiger partial charge in [-0.3, -0.25) is 9.59 Å². The summed E-state index contributed by atoms with van der Waals surface area (Å²) >= 11 is 6.10. The van der Waals surface area contributed by atoms with Gasteiger partial charge in [0, 0.05) is 0 Å². The molecule has 1 aliphatic rings. The molecule has 0 saturated carbocycles. The quantitative estimate of drug-likeness (QED) is 0.414. The third-order valence-corrected chi connectivity index (χ3v) is 5.94. The lowest BCUT2D eigenvalue weighted by atomic mass is 9.87. The number of carbonyl (C=O) groups is 3. The fourth-order valence-corrected chi connectivity index (χ4v) is 3.81. The zero-order valence-electron chi connectivity index (χ0n) is 19.1. The minimum atomic E-state index is -0.902. The van der Waals surface area contributed by atoms with Crippen molar-refractivity contribution in [3.05, 3.63) is 59.2 Å². The van der Waals surface area contributed by atoms with Crippen molar-refractivity contribution in [2.24, 2.45) is 0 Å². The molecule has 1 aliphatic heterocycles. The van der Waals surface area contributed by atoms with Gasteiger partial charge in [-0.15, -0.1) is 11.6 Å². The van der Waals surface area contributed by atoms with E-state index < -0.39 is 29.0 Å². The van der Waals surface area contributed by atoms with Crippen LogP contribution in [0.2, 0.25) is 0 Å². The molecule has 3 rings (SSSR count). The Morgan fingerprint density at radius 1 is 1.18 bits per heavy atom. The van der Waals surface area contributed by atoms with Crippen LogP contribution in [-0.4, -0.2) is 48.5 Å². The minimum absolute atomic E-state index is 0.0946. The summed E-state index contributed by atoms with van der Waals surface area (Å²) < 4.78 is 21.9. The van der Waals surface area contributed by atoms with Gasteiger partial charge in [-0.05, 0) is 63.1 Å². The second-order valence-corrected chi connectivity index (χ2v) is 8.57. The summed E-state index contributed by atoms with van der Waals surface area (Å²) in [5.41, 5.74) is 0.613. The molecule has 0 amide bonds. The summed E-state index contributed by atoms with van der Waals surface area (Å²) in [5, 5.41) is -0.754. The van der Waals surface area contributed by atoms with Gasteiger partial charge in [-0.25, -0.2) is 4.79 Å². The number of alkyl halides is 1. The van der Waals surface area contributed by atoms with Gasteiger partial charge in [0.1, 0.15) is 28.6 Å². The fourth-order valence-electron chi connectivity index (χ4n) is 3.57. The first-order valence-electron chi connectivity index (χ1n) is 10.7. The van der Waals surface area contributed by atoms with Gasteiger partial charge in [-0.1, -0.05) is 12.1 Å².